The van der Waals surface area contributed by atoms with Gasteiger partial charge in [-0.3, -0.25) is 10.1 Å². The number of hydrogen-bond acceptors (Lipinski definition) is 2. The minimum absolute atomic E-state index is 0. The van der Waals surface area contributed by atoms with Crippen molar-refractivity contribution >= 4 is 28.3 Å². The van der Waals surface area contributed by atoms with E-state index >= 15 is 0 Å². The van der Waals surface area contributed by atoms with Gasteiger partial charge in [-0.2, -0.15) is 0 Å². The van der Waals surface area contributed by atoms with E-state index < -0.39 is 4.92 Å². The smallest absolute Gasteiger partial charge is 0.292 e. The Balaban J connectivity index is 0.00000180. The van der Waals surface area contributed by atoms with Gasteiger partial charge in [-0.15, -0.1) is 0 Å². The molecule has 1 aromatic carbocycles. The third-order valence-corrected chi connectivity index (χ3v) is 3.54. The summed E-state index contributed by atoms with van der Waals surface area (Å²) in [4.78, 5) is 10.5. The van der Waals surface area contributed by atoms with E-state index in [9.17, 15) is 10.1 Å². The summed E-state index contributed by atoms with van der Waals surface area (Å²) in [6.07, 6.45) is 0. The highest BCUT2D eigenvalue weighted by Crippen LogP contribution is 2.29. The zero-order chi connectivity index (χ0) is 13.4. The number of benzene rings is 1. The number of aromatic nitrogens is 2. The highest BCUT2D eigenvalue weighted by atomic mass is 127. The van der Waals surface area contributed by atoms with Gasteiger partial charge in [0.2, 0.25) is 0 Å². The van der Waals surface area contributed by atoms with Gasteiger partial charge >= 0.3 is 0 Å². The van der Waals surface area contributed by atoms with E-state index in [1.165, 1.54) is 0 Å². The van der Waals surface area contributed by atoms with Crippen LogP contribution in [-0.2, 0) is 13.1 Å². The number of nitro groups is 1. The summed E-state index contributed by atoms with van der Waals surface area (Å²) >= 11 is 5.97. The van der Waals surface area contributed by atoms with Gasteiger partial charge in [-0.05, 0) is 13.8 Å². The summed E-state index contributed by atoms with van der Waals surface area (Å²) in [6.45, 7) is 7.65. The number of nitro benzene ring substituents is 1. The molecule has 2 rings (SSSR count). The molecule has 7 heteroatoms. The molecule has 1 heterocycles. The van der Waals surface area contributed by atoms with E-state index in [0.29, 0.717) is 0 Å². The second-order valence-electron chi connectivity index (χ2n) is 4.09. The van der Waals surface area contributed by atoms with Crippen LogP contribution in [0.25, 0.3) is 11.0 Å². The molecule has 5 nitrogen and oxygen atoms in total. The van der Waals surface area contributed by atoms with Gasteiger partial charge in [0.05, 0.1) is 24.1 Å². The van der Waals surface area contributed by atoms with E-state index in [1.54, 1.807) is 12.1 Å². The highest BCUT2D eigenvalue weighted by molar-refractivity contribution is 6.33. The van der Waals surface area contributed by atoms with Gasteiger partial charge in [-0.25, -0.2) is 9.13 Å². The SMILES string of the molecule is CCn1c(C)[n+](CC)c2cc(Cl)c([N+](=O)[O-])cc21.[I-]. The van der Waals surface area contributed by atoms with Crippen molar-refractivity contribution in [3.63, 3.8) is 0 Å². The number of rotatable bonds is 3. The Labute approximate surface area is 133 Å². The van der Waals surface area contributed by atoms with Crippen LogP contribution in [0.1, 0.15) is 19.7 Å². The van der Waals surface area contributed by atoms with Gasteiger partial charge in [0.1, 0.15) is 5.02 Å². The largest absolute Gasteiger partial charge is 1.00 e. The second-order valence-corrected chi connectivity index (χ2v) is 4.49. The predicted octanol–water partition coefficient (Wildman–Crippen LogP) is -0.157. The monoisotopic (exact) mass is 395 g/mol. The molecule has 0 bridgehead atoms. The molecule has 0 radical (unpaired) electrons. The topological polar surface area (TPSA) is 52.0 Å². The number of nitrogens with zero attached hydrogens (tertiary/aromatic N) is 3. The fourth-order valence-electron chi connectivity index (χ4n) is 2.41. The third kappa shape index (κ3) is 2.55. The lowest BCUT2D eigenvalue weighted by molar-refractivity contribution is -0.674. The van der Waals surface area contributed by atoms with Crippen molar-refractivity contribution in [2.45, 2.75) is 33.9 Å². The molecule has 0 unspecified atom stereocenters. The molecule has 0 aliphatic heterocycles. The Morgan fingerprint density at radius 1 is 1.42 bits per heavy atom. The zero-order valence-electron chi connectivity index (χ0n) is 11.0. The van der Waals surface area contributed by atoms with Crippen LogP contribution in [0.15, 0.2) is 12.1 Å². The lowest BCUT2D eigenvalue weighted by Crippen LogP contribution is -3.00. The molecule has 2 aromatic rings. The number of imidazole rings is 1. The van der Waals surface area contributed by atoms with Crippen molar-refractivity contribution in [2.24, 2.45) is 0 Å². The maximum absolute atomic E-state index is 10.9. The first-order valence-corrected chi connectivity index (χ1v) is 6.25. The Bertz CT molecular complexity index is 640. The fraction of sp³-hybridized carbons (Fsp3) is 0.417. The molecular weight excluding hydrogens is 381 g/mol. The molecule has 104 valence electrons. The van der Waals surface area contributed by atoms with E-state index in [2.05, 4.69) is 9.13 Å². The van der Waals surface area contributed by atoms with Crippen LogP contribution in [0.4, 0.5) is 5.69 Å². The minimum atomic E-state index is -0.444. The van der Waals surface area contributed by atoms with Crippen molar-refractivity contribution in [1.82, 2.24) is 4.57 Å². The van der Waals surface area contributed by atoms with Crippen LogP contribution in [0.5, 0.6) is 0 Å². The number of halogens is 2. The molecule has 0 fully saturated rings. The van der Waals surface area contributed by atoms with Gasteiger partial charge in [0.15, 0.2) is 11.0 Å². The van der Waals surface area contributed by atoms with Gasteiger partial charge in [0.25, 0.3) is 11.5 Å². The Morgan fingerprint density at radius 3 is 2.53 bits per heavy atom. The van der Waals surface area contributed by atoms with Crippen molar-refractivity contribution in [2.75, 3.05) is 0 Å². The third-order valence-electron chi connectivity index (χ3n) is 3.24. The average Bonchev–Trinajstić information content (AvgIpc) is 2.58. The summed E-state index contributed by atoms with van der Waals surface area (Å²) in [5.74, 6) is 1.08. The molecule has 1 aromatic heterocycles. The molecule has 0 aliphatic carbocycles. The molecule has 0 spiro atoms. The van der Waals surface area contributed by atoms with Crippen molar-refractivity contribution in [3.8, 4) is 0 Å². The Morgan fingerprint density at radius 2 is 2.05 bits per heavy atom. The van der Waals surface area contributed by atoms with E-state index in [1.807, 2.05) is 20.8 Å². The second kappa shape index (κ2) is 6.04. The normalized spacial score (nSPS) is 10.5. The first-order valence-electron chi connectivity index (χ1n) is 5.87. The summed E-state index contributed by atoms with van der Waals surface area (Å²) < 4.78 is 4.16. The average molecular weight is 396 g/mol. The van der Waals surface area contributed by atoms with Crippen LogP contribution in [-0.4, -0.2) is 9.49 Å². The van der Waals surface area contributed by atoms with Gasteiger partial charge < -0.3 is 24.0 Å². The predicted molar refractivity (Wildman–Crippen MR) is 69.9 cm³/mol. The standard InChI is InChI=1S/C12H15ClN3O2.HI/c1-4-14-8(3)15(5-2)12-7-10(16(17)18)9(13)6-11(12)14;/h6-7H,4-5H2,1-3H3;1H/q+1;/p-1. The maximum Gasteiger partial charge on any atom is 0.292 e. The molecule has 19 heavy (non-hydrogen) atoms. The summed E-state index contributed by atoms with van der Waals surface area (Å²) in [5, 5.41) is 11.1. The summed E-state index contributed by atoms with van der Waals surface area (Å²) in [7, 11) is 0. The van der Waals surface area contributed by atoms with Crippen LogP contribution < -0.4 is 28.5 Å². The van der Waals surface area contributed by atoms with E-state index in [-0.39, 0.29) is 34.7 Å². The lowest BCUT2D eigenvalue weighted by Gasteiger charge is -1.96. The molecule has 0 atom stereocenters. The van der Waals surface area contributed by atoms with Gasteiger partial charge in [-0.1, -0.05) is 11.6 Å². The Kier molecular flexibility index (Phi) is 5.14. The maximum atomic E-state index is 10.9. The molecule has 0 N–H and O–H groups in total. The van der Waals surface area contributed by atoms with Crippen LogP contribution in [0.2, 0.25) is 5.02 Å². The first-order chi connectivity index (χ1) is 8.51. The highest BCUT2D eigenvalue weighted by Gasteiger charge is 2.24. The van der Waals surface area contributed by atoms with Crippen LogP contribution >= 0.6 is 11.6 Å². The number of aryl methyl sites for hydroxylation is 2. The summed E-state index contributed by atoms with van der Waals surface area (Å²) in [5.41, 5.74) is 1.75. The molecule has 0 amide bonds. The van der Waals surface area contributed by atoms with E-state index in [0.717, 1.165) is 29.9 Å². The molecule has 0 aliphatic rings. The fourth-order valence-corrected chi connectivity index (χ4v) is 2.63. The minimum Gasteiger partial charge on any atom is -1.00 e. The Hall–Kier alpha value is -0.890. The van der Waals surface area contributed by atoms with E-state index in [4.69, 9.17) is 11.6 Å². The molecule has 0 saturated carbocycles. The molecule has 0 saturated heterocycles. The first kappa shape index (κ1) is 16.2. The van der Waals surface area contributed by atoms with Gasteiger partial charge in [0, 0.05) is 13.0 Å². The number of hydrogen-bond donors (Lipinski definition) is 0. The van der Waals surface area contributed by atoms with Crippen molar-refractivity contribution < 1.29 is 33.5 Å². The van der Waals surface area contributed by atoms with Crippen LogP contribution in [0.3, 0.4) is 0 Å². The molecular formula is C12H15ClIN3O2. The van der Waals surface area contributed by atoms with Crippen molar-refractivity contribution in [3.05, 3.63) is 33.1 Å². The summed E-state index contributed by atoms with van der Waals surface area (Å²) in [6, 6.07) is 3.23. The van der Waals surface area contributed by atoms with Crippen molar-refractivity contribution in [1.29, 1.82) is 0 Å². The number of fused-ring (bicyclic) bond motifs is 1. The lowest BCUT2D eigenvalue weighted by atomic mass is 10.2. The quantitative estimate of drug-likeness (QED) is 0.314. The zero-order valence-corrected chi connectivity index (χ0v) is 13.9. The van der Waals surface area contributed by atoms with Crippen LogP contribution in [0, 0.1) is 17.0 Å².